The Morgan fingerprint density at radius 3 is 2.22 bits per heavy atom. The summed E-state index contributed by atoms with van der Waals surface area (Å²) in [6.45, 7) is 4.30. The fourth-order valence-electron chi connectivity index (χ4n) is 0.899. The van der Waals surface area contributed by atoms with E-state index < -0.39 is 0 Å². The molecular weight excluding hydrogens is 116 g/mol. The van der Waals surface area contributed by atoms with Crippen molar-refractivity contribution in [3.05, 3.63) is 0 Å². The van der Waals surface area contributed by atoms with E-state index in [1.807, 2.05) is 0 Å². The third-order valence-electron chi connectivity index (χ3n) is 2.00. The Hall–Kier alpha value is -0.120. The molecule has 0 bridgehead atoms. The number of rotatable bonds is 3. The van der Waals surface area contributed by atoms with Gasteiger partial charge in [0.15, 0.2) is 0 Å². The molecule has 1 unspecified atom stereocenters. The summed E-state index contributed by atoms with van der Waals surface area (Å²) in [4.78, 5) is 0. The van der Waals surface area contributed by atoms with E-state index in [2.05, 4.69) is 24.7 Å². The molecular formula is C6H14N2O. The van der Waals surface area contributed by atoms with Gasteiger partial charge in [-0.25, -0.2) is 10.9 Å². The lowest BCUT2D eigenvalue weighted by Crippen LogP contribution is -2.28. The minimum atomic E-state index is -0.200. The van der Waals surface area contributed by atoms with Crippen LogP contribution >= 0.6 is 0 Å². The van der Waals surface area contributed by atoms with Crippen LogP contribution in [0.25, 0.3) is 0 Å². The average Bonchev–Trinajstić information content (AvgIpc) is 2.66. The van der Waals surface area contributed by atoms with Crippen molar-refractivity contribution in [2.24, 2.45) is 5.92 Å². The van der Waals surface area contributed by atoms with Crippen molar-refractivity contribution < 1.29 is 4.74 Å². The largest absolute Gasteiger partial charge is 0.348 e. The molecule has 1 saturated heterocycles. The van der Waals surface area contributed by atoms with E-state index >= 15 is 0 Å². The van der Waals surface area contributed by atoms with Gasteiger partial charge in [-0.1, -0.05) is 13.8 Å². The second kappa shape index (κ2) is 2.25. The predicted octanol–water partition coefficient (Wildman–Crippen LogP) is 0.441. The molecule has 3 nitrogen and oxygen atoms in total. The van der Waals surface area contributed by atoms with E-state index in [0.717, 1.165) is 6.42 Å². The summed E-state index contributed by atoms with van der Waals surface area (Å²) in [5.74, 6) is 0.330. The third kappa shape index (κ3) is 1.08. The first kappa shape index (κ1) is 6.99. The lowest BCUT2D eigenvalue weighted by Gasteiger charge is -2.15. The van der Waals surface area contributed by atoms with Crippen LogP contribution < -0.4 is 10.9 Å². The summed E-state index contributed by atoms with van der Waals surface area (Å²) < 4.78 is 5.18. The van der Waals surface area contributed by atoms with Crippen LogP contribution in [0.4, 0.5) is 0 Å². The van der Waals surface area contributed by atoms with E-state index in [4.69, 9.17) is 4.74 Å². The van der Waals surface area contributed by atoms with E-state index in [-0.39, 0.29) is 5.85 Å². The zero-order chi connectivity index (χ0) is 6.91. The fraction of sp³-hybridized carbons (Fsp3) is 1.00. The molecule has 9 heavy (non-hydrogen) atoms. The topological polar surface area (TPSA) is 53.1 Å². The van der Waals surface area contributed by atoms with Crippen LogP contribution in [-0.2, 0) is 4.74 Å². The standard InChI is InChI=1S/C6H14N2O/c1-4-5(2)6(9-3)7-8-6/h5,7-8H,4H2,1-3H3. The highest BCUT2D eigenvalue weighted by Gasteiger charge is 2.46. The van der Waals surface area contributed by atoms with E-state index in [1.165, 1.54) is 0 Å². The molecule has 0 saturated carbocycles. The number of ether oxygens (including phenoxy) is 1. The number of hydrogen-bond acceptors (Lipinski definition) is 3. The van der Waals surface area contributed by atoms with Crippen molar-refractivity contribution in [1.29, 1.82) is 0 Å². The van der Waals surface area contributed by atoms with Gasteiger partial charge in [0.1, 0.15) is 0 Å². The predicted molar refractivity (Wildman–Crippen MR) is 35.5 cm³/mol. The van der Waals surface area contributed by atoms with Crippen molar-refractivity contribution >= 4 is 0 Å². The van der Waals surface area contributed by atoms with Crippen LogP contribution in [0.2, 0.25) is 0 Å². The number of methoxy groups -OCH3 is 1. The molecule has 0 radical (unpaired) electrons. The Morgan fingerprint density at radius 2 is 2.11 bits per heavy atom. The normalized spacial score (nSPS) is 25.7. The molecule has 1 heterocycles. The quantitative estimate of drug-likeness (QED) is 0.545. The van der Waals surface area contributed by atoms with Gasteiger partial charge in [-0.2, -0.15) is 0 Å². The van der Waals surface area contributed by atoms with Gasteiger partial charge in [0.05, 0.1) is 0 Å². The van der Waals surface area contributed by atoms with Crippen LogP contribution in [0.15, 0.2) is 0 Å². The number of hydrazine groups is 1. The van der Waals surface area contributed by atoms with E-state index in [9.17, 15) is 0 Å². The molecule has 1 aliphatic rings. The smallest absolute Gasteiger partial charge is 0.202 e. The molecule has 54 valence electrons. The summed E-state index contributed by atoms with van der Waals surface area (Å²) in [6.07, 6.45) is 1.12. The maximum absolute atomic E-state index is 5.18. The Balaban J connectivity index is 2.39. The highest BCUT2D eigenvalue weighted by atomic mass is 16.6. The Bertz CT molecular complexity index is 101. The van der Waals surface area contributed by atoms with Gasteiger partial charge in [-0.15, -0.1) is 0 Å². The van der Waals surface area contributed by atoms with Crippen LogP contribution in [0.3, 0.4) is 0 Å². The summed E-state index contributed by atoms with van der Waals surface area (Å²) in [7, 11) is 1.71. The van der Waals surface area contributed by atoms with Crippen LogP contribution in [0.1, 0.15) is 20.3 Å². The Labute approximate surface area is 55.7 Å². The lowest BCUT2D eigenvalue weighted by atomic mass is 10.1. The van der Waals surface area contributed by atoms with Crippen molar-refractivity contribution in [3.8, 4) is 0 Å². The molecule has 0 spiro atoms. The molecule has 2 N–H and O–H groups in total. The van der Waals surface area contributed by atoms with Gasteiger partial charge in [0.2, 0.25) is 5.85 Å². The third-order valence-corrected chi connectivity index (χ3v) is 2.00. The van der Waals surface area contributed by atoms with Crippen LogP contribution in [0, 0.1) is 5.92 Å². The molecule has 1 fully saturated rings. The SMILES string of the molecule is CCC(C)C1(OC)NN1. The molecule has 3 heteroatoms. The van der Waals surface area contributed by atoms with E-state index in [0.29, 0.717) is 5.92 Å². The molecule has 0 amide bonds. The maximum Gasteiger partial charge on any atom is 0.202 e. The highest BCUT2D eigenvalue weighted by Crippen LogP contribution is 2.24. The average molecular weight is 130 g/mol. The second-order valence-corrected chi connectivity index (χ2v) is 2.50. The summed E-state index contributed by atoms with van der Waals surface area (Å²) in [5.41, 5.74) is 5.95. The van der Waals surface area contributed by atoms with Crippen molar-refractivity contribution in [1.82, 2.24) is 10.9 Å². The van der Waals surface area contributed by atoms with Gasteiger partial charge in [0, 0.05) is 13.0 Å². The molecule has 1 aliphatic heterocycles. The summed E-state index contributed by atoms with van der Waals surface area (Å²) >= 11 is 0. The van der Waals surface area contributed by atoms with Crippen molar-refractivity contribution in [2.75, 3.05) is 7.11 Å². The van der Waals surface area contributed by atoms with Gasteiger partial charge < -0.3 is 4.74 Å². The number of nitrogens with one attached hydrogen (secondary N) is 2. The van der Waals surface area contributed by atoms with Crippen molar-refractivity contribution in [2.45, 2.75) is 26.1 Å². The lowest BCUT2D eigenvalue weighted by molar-refractivity contribution is 0.0191. The molecule has 0 aromatic heterocycles. The minimum Gasteiger partial charge on any atom is -0.348 e. The summed E-state index contributed by atoms with van der Waals surface area (Å²) in [5, 5.41) is 0. The van der Waals surface area contributed by atoms with Gasteiger partial charge in [0.25, 0.3) is 0 Å². The second-order valence-electron chi connectivity index (χ2n) is 2.50. The molecule has 1 rings (SSSR count). The van der Waals surface area contributed by atoms with Gasteiger partial charge in [-0.3, -0.25) is 0 Å². The fourth-order valence-corrected chi connectivity index (χ4v) is 0.899. The number of hydrogen-bond donors (Lipinski definition) is 2. The summed E-state index contributed by atoms with van der Waals surface area (Å²) in [6, 6.07) is 0. The van der Waals surface area contributed by atoms with Crippen LogP contribution in [0.5, 0.6) is 0 Å². The van der Waals surface area contributed by atoms with Gasteiger partial charge >= 0.3 is 0 Å². The first-order valence-corrected chi connectivity index (χ1v) is 3.34. The Morgan fingerprint density at radius 1 is 1.56 bits per heavy atom. The zero-order valence-corrected chi connectivity index (χ0v) is 6.19. The maximum atomic E-state index is 5.18. The molecule has 0 aromatic carbocycles. The molecule has 0 aliphatic carbocycles. The molecule has 1 atom stereocenters. The Kier molecular flexibility index (Phi) is 1.75. The first-order valence-electron chi connectivity index (χ1n) is 3.34. The molecule has 0 aromatic rings. The first-order chi connectivity index (χ1) is 4.25. The minimum absolute atomic E-state index is 0.200. The monoisotopic (exact) mass is 130 g/mol. The van der Waals surface area contributed by atoms with Gasteiger partial charge in [-0.05, 0) is 6.42 Å². The van der Waals surface area contributed by atoms with Crippen LogP contribution in [-0.4, -0.2) is 13.0 Å². The van der Waals surface area contributed by atoms with E-state index in [1.54, 1.807) is 7.11 Å². The highest BCUT2D eigenvalue weighted by molar-refractivity contribution is 4.88. The van der Waals surface area contributed by atoms with Crippen molar-refractivity contribution in [3.63, 3.8) is 0 Å². The zero-order valence-electron chi connectivity index (χ0n) is 6.19.